The molecule has 0 aliphatic carbocycles. The fourth-order valence-corrected chi connectivity index (χ4v) is 3.74. The summed E-state index contributed by atoms with van der Waals surface area (Å²) in [6.07, 6.45) is 0. The first-order valence-corrected chi connectivity index (χ1v) is 9.59. The maximum absolute atomic E-state index is 12.5. The lowest BCUT2D eigenvalue weighted by Crippen LogP contribution is -2.19. The number of ketones is 1. The van der Waals surface area contributed by atoms with Crippen molar-refractivity contribution in [2.75, 3.05) is 6.61 Å². The van der Waals surface area contributed by atoms with Crippen LogP contribution in [0, 0.1) is 35.3 Å². The van der Waals surface area contributed by atoms with E-state index in [1.807, 2.05) is 38.1 Å². The van der Waals surface area contributed by atoms with Gasteiger partial charge in [0.15, 0.2) is 11.7 Å². The average Bonchev–Trinajstić information content (AvgIpc) is 3.16. The van der Waals surface area contributed by atoms with Crippen LogP contribution in [0.1, 0.15) is 22.1 Å². The molecule has 0 bridgehead atoms. The second-order valence-electron chi connectivity index (χ2n) is 6.52. The third kappa shape index (κ3) is 4.83. The van der Waals surface area contributed by atoms with Gasteiger partial charge >= 0.3 is 0 Å². The number of nitriles is 1. The summed E-state index contributed by atoms with van der Waals surface area (Å²) < 4.78 is 5.57. The molecule has 0 radical (unpaired) electrons. The third-order valence-electron chi connectivity index (χ3n) is 4.15. The van der Waals surface area contributed by atoms with Gasteiger partial charge in [-0.15, -0.1) is 11.3 Å². The van der Waals surface area contributed by atoms with E-state index >= 15 is 0 Å². The average molecular weight is 407 g/mol. The predicted molar refractivity (Wildman–Crippen MR) is 109 cm³/mol. The van der Waals surface area contributed by atoms with Gasteiger partial charge < -0.3 is 4.74 Å². The van der Waals surface area contributed by atoms with Crippen LogP contribution in [0.15, 0.2) is 47.8 Å². The Labute approximate surface area is 171 Å². The molecule has 29 heavy (non-hydrogen) atoms. The number of nitro benzene ring substituents is 1. The molecule has 0 saturated carbocycles. The van der Waals surface area contributed by atoms with E-state index in [0.717, 1.165) is 11.1 Å². The zero-order valence-corrected chi connectivity index (χ0v) is 16.6. The van der Waals surface area contributed by atoms with Gasteiger partial charge in [-0.05, 0) is 37.1 Å². The van der Waals surface area contributed by atoms with Gasteiger partial charge in [-0.25, -0.2) is 4.98 Å². The van der Waals surface area contributed by atoms with Crippen molar-refractivity contribution in [3.63, 3.8) is 0 Å². The third-order valence-corrected chi connectivity index (χ3v) is 5.06. The number of nitro groups is 1. The number of thiazole rings is 1. The van der Waals surface area contributed by atoms with Crippen LogP contribution >= 0.6 is 11.3 Å². The summed E-state index contributed by atoms with van der Waals surface area (Å²) in [5.41, 5.74) is 3.03. The van der Waals surface area contributed by atoms with Gasteiger partial charge in [0.05, 0.1) is 16.7 Å². The van der Waals surface area contributed by atoms with Gasteiger partial charge in [-0.3, -0.25) is 14.9 Å². The summed E-state index contributed by atoms with van der Waals surface area (Å²) in [6.45, 7) is 3.63. The second kappa shape index (κ2) is 8.63. The number of carbonyl (C=O) groups is 1. The quantitative estimate of drug-likeness (QED) is 0.419. The zero-order chi connectivity index (χ0) is 21.0. The number of carbonyl (C=O) groups excluding carboxylic acids is 1. The Bertz CT molecular complexity index is 1100. The number of aryl methyl sites for hydroxylation is 2. The minimum atomic E-state index is -1.06. The van der Waals surface area contributed by atoms with Gasteiger partial charge in [0.2, 0.25) is 0 Å². The molecule has 7 nitrogen and oxygen atoms in total. The Morgan fingerprint density at radius 1 is 1.28 bits per heavy atom. The summed E-state index contributed by atoms with van der Waals surface area (Å²) in [5.74, 6) is -0.881. The summed E-state index contributed by atoms with van der Waals surface area (Å²) in [5, 5.41) is 22.4. The minimum absolute atomic E-state index is 0.0493. The maximum atomic E-state index is 12.5. The highest BCUT2D eigenvalue weighted by Crippen LogP contribution is 2.29. The van der Waals surface area contributed by atoms with Crippen molar-refractivity contribution in [2.45, 2.75) is 19.8 Å². The number of hydrogen-bond donors (Lipinski definition) is 0. The number of non-ortho nitro benzene ring substituents is 1. The molecule has 0 fully saturated rings. The van der Waals surface area contributed by atoms with Gasteiger partial charge in [-0.1, -0.05) is 18.2 Å². The number of rotatable bonds is 7. The van der Waals surface area contributed by atoms with Gasteiger partial charge in [0, 0.05) is 23.1 Å². The lowest BCUT2D eigenvalue weighted by atomic mass is 10.1. The topological polar surface area (TPSA) is 106 Å². The SMILES string of the molecule is Cc1cc(C)cc(OCC(=O)C(C#N)c2nc(-c3cccc([N+](=O)[O-])c3)cs2)c1. The van der Waals surface area contributed by atoms with E-state index in [1.54, 1.807) is 17.5 Å². The zero-order valence-electron chi connectivity index (χ0n) is 15.8. The number of ether oxygens (including phenoxy) is 1. The highest BCUT2D eigenvalue weighted by Gasteiger charge is 2.24. The Balaban J connectivity index is 1.75. The number of benzene rings is 2. The first-order valence-electron chi connectivity index (χ1n) is 8.71. The van der Waals surface area contributed by atoms with E-state index in [-0.39, 0.29) is 12.3 Å². The normalized spacial score (nSPS) is 11.5. The van der Waals surface area contributed by atoms with Crippen LogP contribution in [0.25, 0.3) is 11.3 Å². The molecule has 0 spiro atoms. The van der Waals surface area contributed by atoms with Gasteiger partial charge in [-0.2, -0.15) is 5.26 Å². The van der Waals surface area contributed by atoms with Gasteiger partial charge in [0.1, 0.15) is 17.4 Å². The Hall–Kier alpha value is -3.57. The lowest BCUT2D eigenvalue weighted by Gasteiger charge is -2.09. The second-order valence-corrected chi connectivity index (χ2v) is 7.41. The van der Waals surface area contributed by atoms with Gasteiger partial charge in [0.25, 0.3) is 5.69 Å². The van der Waals surface area contributed by atoms with Crippen molar-refractivity contribution in [3.05, 3.63) is 74.1 Å². The first-order chi connectivity index (χ1) is 13.9. The fourth-order valence-electron chi connectivity index (χ4n) is 2.85. The number of aromatic nitrogens is 1. The van der Waals surface area contributed by atoms with E-state index in [4.69, 9.17) is 4.74 Å². The van der Waals surface area contributed by atoms with Crippen molar-refractivity contribution in [3.8, 4) is 23.1 Å². The highest BCUT2D eigenvalue weighted by molar-refractivity contribution is 7.10. The van der Waals surface area contributed by atoms with Crippen LogP contribution in [-0.4, -0.2) is 22.3 Å². The molecule has 2 aromatic carbocycles. The van der Waals surface area contributed by atoms with E-state index in [9.17, 15) is 20.2 Å². The van der Waals surface area contributed by atoms with E-state index < -0.39 is 16.6 Å². The first kappa shape index (κ1) is 20.2. The van der Waals surface area contributed by atoms with Crippen LogP contribution < -0.4 is 4.74 Å². The molecule has 0 amide bonds. The molecule has 0 saturated heterocycles. The highest BCUT2D eigenvalue weighted by atomic mass is 32.1. The number of nitrogens with zero attached hydrogens (tertiary/aromatic N) is 3. The Morgan fingerprint density at radius 3 is 2.66 bits per heavy atom. The molecule has 8 heteroatoms. The molecular weight excluding hydrogens is 390 g/mol. The Morgan fingerprint density at radius 2 is 2.00 bits per heavy atom. The van der Waals surface area contributed by atoms with Crippen LogP contribution in [0.5, 0.6) is 5.75 Å². The molecule has 1 atom stereocenters. The molecule has 0 N–H and O–H groups in total. The summed E-state index contributed by atoms with van der Waals surface area (Å²) in [6, 6.07) is 13.7. The molecule has 1 aromatic heterocycles. The molecule has 3 aromatic rings. The molecule has 3 rings (SSSR count). The van der Waals surface area contributed by atoms with Crippen molar-refractivity contribution in [1.29, 1.82) is 5.26 Å². The van der Waals surface area contributed by atoms with Crippen LogP contribution in [-0.2, 0) is 4.79 Å². The molecule has 0 aliphatic heterocycles. The summed E-state index contributed by atoms with van der Waals surface area (Å²) in [4.78, 5) is 27.4. The number of Topliss-reactive ketones (excluding diaryl/α,β-unsaturated/α-hetero) is 1. The van der Waals surface area contributed by atoms with Crippen LogP contribution in [0.4, 0.5) is 5.69 Å². The number of hydrogen-bond acceptors (Lipinski definition) is 7. The van der Waals surface area contributed by atoms with E-state index in [0.29, 0.717) is 22.0 Å². The van der Waals surface area contributed by atoms with Crippen molar-refractivity contribution in [1.82, 2.24) is 4.98 Å². The van der Waals surface area contributed by atoms with Crippen LogP contribution in [0.3, 0.4) is 0 Å². The smallest absolute Gasteiger partial charge is 0.270 e. The molecular formula is C21H17N3O4S. The van der Waals surface area contributed by atoms with E-state index in [2.05, 4.69) is 4.98 Å². The minimum Gasteiger partial charge on any atom is -0.486 e. The summed E-state index contributed by atoms with van der Waals surface area (Å²) in [7, 11) is 0. The monoisotopic (exact) mass is 407 g/mol. The largest absolute Gasteiger partial charge is 0.486 e. The standard InChI is InChI=1S/C21H17N3O4S/c1-13-6-14(2)8-17(7-13)28-11-20(25)18(10-22)21-23-19(12-29-21)15-4-3-5-16(9-15)24(26)27/h3-9,12,18H,11H2,1-2H3. The summed E-state index contributed by atoms with van der Waals surface area (Å²) >= 11 is 1.17. The molecule has 146 valence electrons. The van der Waals surface area contributed by atoms with Crippen molar-refractivity contribution < 1.29 is 14.5 Å². The molecule has 0 aliphatic rings. The van der Waals surface area contributed by atoms with Crippen molar-refractivity contribution in [2.24, 2.45) is 0 Å². The lowest BCUT2D eigenvalue weighted by molar-refractivity contribution is -0.384. The fraction of sp³-hybridized carbons (Fsp3) is 0.190. The molecule has 1 heterocycles. The molecule has 1 unspecified atom stereocenters. The van der Waals surface area contributed by atoms with Crippen LogP contribution in [0.2, 0.25) is 0 Å². The van der Waals surface area contributed by atoms with E-state index in [1.165, 1.54) is 23.5 Å². The maximum Gasteiger partial charge on any atom is 0.270 e. The Kier molecular flexibility index (Phi) is 6.00. The van der Waals surface area contributed by atoms with Crippen molar-refractivity contribution >= 4 is 22.8 Å². The predicted octanol–water partition coefficient (Wildman–Crippen LogP) is 4.59.